The maximum absolute atomic E-state index is 12.3. The third-order valence-electron chi connectivity index (χ3n) is 3.87. The van der Waals surface area contributed by atoms with Crippen molar-refractivity contribution >= 4 is 21.7 Å². The zero-order valence-electron chi connectivity index (χ0n) is 11.0. The molecule has 1 aliphatic rings. The van der Waals surface area contributed by atoms with Gasteiger partial charge in [-0.3, -0.25) is 9.69 Å². The molecular weight excluding hydrogens is 290 g/mol. The molecule has 98 valence electrons. The topological polar surface area (TPSA) is 20.3 Å². The van der Waals surface area contributed by atoms with Crippen molar-refractivity contribution in [2.45, 2.75) is 45.2 Å². The minimum atomic E-state index is 0.225. The number of Topliss-reactive ketones (excluding diaryl/α,β-unsaturated/α-hetero) is 1. The lowest BCUT2D eigenvalue weighted by Gasteiger charge is -2.38. The quantitative estimate of drug-likeness (QED) is 0.789. The van der Waals surface area contributed by atoms with Crippen LogP contribution in [0.3, 0.4) is 0 Å². The number of hydrogen-bond acceptors (Lipinski definition) is 2. The molecule has 0 aromatic heterocycles. The lowest BCUT2D eigenvalue weighted by atomic mass is 9.96. The van der Waals surface area contributed by atoms with Crippen LogP contribution in [0.1, 0.15) is 43.5 Å². The van der Waals surface area contributed by atoms with Gasteiger partial charge in [0.1, 0.15) is 0 Å². The molecule has 0 N–H and O–H groups in total. The molecular formula is C15H20BrNO. The Morgan fingerprint density at radius 2 is 1.78 bits per heavy atom. The summed E-state index contributed by atoms with van der Waals surface area (Å²) in [5.74, 6) is 0.225. The van der Waals surface area contributed by atoms with Crippen molar-refractivity contribution in [2.75, 3.05) is 6.54 Å². The minimum absolute atomic E-state index is 0.225. The first kappa shape index (κ1) is 13.8. The third-order valence-corrected chi connectivity index (χ3v) is 4.40. The van der Waals surface area contributed by atoms with E-state index in [1.165, 1.54) is 19.3 Å². The van der Waals surface area contributed by atoms with Crippen LogP contribution in [0.5, 0.6) is 0 Å². The van der Waals surface area contributed by atoms with Crippen molar-refractivity contribution < 1.29 is 4.79 Å². The van der Waals surface area contributed by atoms with Crippen LogP contribution in [-0.4, -0.2) is 29.3 Å². The van der Waals surface area contributed by atoms with Crippen LogP contribution < -0.4 is 0 Å². The fraction of sp³-hybridized carbons (Fsp3) is 0.533. The predicted octanol–water partition coefficient (Wildman–Crippen LogP) is 3.89. The van der Waals surface area contributed by atoms with E-state index in [-0.39, 0.29) is 5.78 Å². The number of halogens is 1. The van der Waals surface area contributed by atoms with Crippen molar-refractivity contribution in [1.82, 2.24) is 4.90 Å². The summed E-state index contributed by atoms with van der Waals surface area (Å²) in [4.78, 5) is 14.6. The summed E-state index contributed by atoms with van der Waals surface area (Å²) in [7, 11) is 0. The number of carbonyl (C=O) groups is 1. The van der Waals surface area contributed by atoms with E-state index in [4.69, 9.17) is 0 Å². The van der Waals surface area contributed by atoms with Crippen molar-refractivity contribution in [3.05, 3.63) is 34.3 Å². The monoisotopic (exact) mass is 309 g/mol. The highest BCUT2D eigenvalue weighted by Crippen LogP contribution is 2.22. The van der Waals surface area contributed by atoms with Crippen molar-refractivity contribution in [3.63, 3.8) is 0 Å². The predicted molar refractivity (Wildman–Crippen MR) is 78.0 cm³/mol. The van der Waals surface area contributed by atoms with Gasteiger partial charge in [-0.2, -0.15) is 0 Å². The molecule has 2 rings (SSSR count). The summed E-state index contributed by atoms with van der Waals surface area (Å²) >= 11 is 3.39. The Balaban J connectivity index is 2.04. The lowest BCUT2D eigenvalue weighted by molar-refractivity contribution is 0.0734. The van der Waals surface area contributed by atoms with E-state index in [0.29, 0.717) is 18.6 Å². The summed E-state index contributed by atoms with van der Waals surface area (Å²) in [6.45, 7) is 5.00. The summed E-state index contributed by atoms with van der Waals surface area (Å²) < 4.78 is 1.01. The molecule has 2 unspecified atom stereocenters. The lowest BCUT2D eigenvalue weighted by Crippen LogP contribution is -2.46. The maximum Gasteiger partial charge on any atom is 0.176 e. The van der Waals surface area contributed by atoms with Gasteiger partial charge in [-0.25, -0.2) is 0 Å². The van der Waals surface area contributed by atoms with Crippen LogP contribution in [0.4, 0.5) is 0 Å². The third kappa shape index (κ3) is 3.21. The van der Waals surface area contributed by atoms with Gasteiger partial charge in [0.2, 0.25) is 0 Å². The molecule has 0 saturated carbocycles. The summed E-state index contributed by atoms with van der Waals surface area (Å²) in [5, 5.41) is 0. The molecule has 2 nitrogen and oxygen atoms in total. The number of rotatable bonds is 3. The summed E-state index contributed by atoms with van der Waals surface area (Å²) in [5.41, 5.74) is 0.808. The molecule has 1 aromatic rings. The number of benzene rings is 1. The average molecular weight is 310 g/mol. The van der Waals surface area contributed by atoms with Gasteiger partial charge in [0, 0.05) is 22.1 Å². The molecule has 0 amide bonds. The fourth-order valence-corrected chi connectivity index (χ4v) is 2.94. The highest BCUT2D eigenvalue weighted by atomic mass is 79.9. The van der Waals surface area contributed by atoms with Gasteiger partial charge in [-0.15, -0.1) is 0 Å². The maximum atomic E-state index is 12.3. The van der Waals surface area contributed by atoms with E-state index in [9.17, 15) is 4.79 Å². The molecule has 1 fully saturated rings. The SMILES string of the molecule is CC1CCCC(C)N1CC(=O)c1ccc(Br)cc1. The fourth-order valence-electron chi connectivity index (χ4n) is 2.68. The van der Waals surface area contributed by atoms with Crippen LogP contribution in [0.2, 0.25) is 0 Å². The van der Waals surface area contributed by atoms with Crippen LogP contribution in [0.15, 0.2) is 28.7 Å². The highest BCUT2D eigenvalue weighted by molar-refractivity contribution is 9.10. The van der Waals surface area contributed by atoms with Crippen LogP contribution in [0, 0.1) is 0 Å². The highest BCUT2D eigenvalue weighted by Gasteiger charge is 2.26. The second-order valence-corrected chi connectivity index (χ2v) is 6.15. The van der Waals surface area contributed by atoms with E-state index in [1.54, 1.807) is 0 Å². The van der Waals surface area contributed by atoms with Gasteiger partial charge in [0.15, 0.2) is 5.78 Å². The van der Waals surface area contributed by atoms with Gasteiger partial charge in [0.25, 0.3) is 0 Å². The summed E-state index contributed by atoms with van der Waals surface area (Å²) in [6, 6.07) is 8.69. The Morgan fingerprint density at radius 3 is 2.33 bits per heavy atom. The van der Waals surface area contributed by atoms with Gasteiger partial charge in [-0.1, -0.05) is 34.5 Å². The van der Waals surface area contributed by atoms with E-state index >= 15 is 0 Å². The van der Waals surface area contributed by atoms with Crippen LogP contribution in [-0.2, 0) is 0 Å². The van der Waals surface area contributed by atoms with Gasteiger partial charge in [0.05, 0.1) is 6.54 Å². The Kier molecular flexibility index (Phi) is 4.57. The number of piperidine rings is 1. The second kappa shape index (κ2) is 5.98. The number of likely N-dealkylation sites (tertiary alicyclic amines) is 1. The second-order valence-electron chi connectivity index (χ2n) is 5.23. The first-order chi connectivity index (χ1) is 8.58. The zero-order valence-corrected chi connectivity index (χ0v) is 12.6. The van der Waals surface area contributed by atoms with E-state index in [1.807, 2.05) is 24.3 Å². The molecule has 1 heterocycles. The molecule has 0 bridgehead atoms. The van der Waals surface area contributed by atoms with Crippen molar-refractivity contribution in [1.29, 1.82) is 0 Å². The molecule has 3 heteroatoms. The van der Waals surface area contributed by atoms with Gasteiger partial charge in [-0.05, 0) is 38.8 Å². The molecule has 2 atom stereocenters. The van der Waals surface area contributed by atoms with E-state index in [0.717, 1.165) is 10.0 Å². The molecule has 0 radical (unpaired) electrons. The van der Waals surface area contributed by atoms with E-state index in [2.05, 4.69) is 34.7 Å². The largest absolute Gasteiger partial charge is 0.293 e. The Labute approximate surface area is 117 Å². The molecule has 1 aromatic carbocycles. The number of nitrogens with zero attached hydrogens (tertiary/aromatic N) is 1. The number of ketones is 1. The first-order valence-electron chi connectivity index (χ1n) is 6.62. The summed E-state index contributed by atoms with van der Waals surface area (Å²) in [6.07, 6.45) is 3.70. The number of carbonyl (C=O) groups excluding carboxylic acids is 1. The molecule has 18 heavy (non-hydrogen) atoms. The van der Waals surface area contributed by atoms with Gasteiger partial charge < -0.3 is 0 Å². The molecule has 0 spiro atoms. The minimum Gasteiger partial charge on any atom is -0.293 e. The standard InChI is InChI=1S/C15H20BrNO/c1-11-4-3-5-12(2)17(11)10-15(18)13-6-8-14(16)9-7-13/h6-9,11-12H,3-5,10H2,1-2H3. The average Bonchev–Trinajstić information content (AvgIpc) is 2.34. The molecule has 1 saturated heterocycles. The Bertz CT molecular complexity index is 405. The smallest absolute Gasteiger partial charge is 0.176 e. The zero-order chi connectivity index (χ0) is 13.1. The van der Waals surface area contributed by atoms with Gasteiger partial charge >= 0.3 is 0 Å². The Hall–Kier alpha value is -0.670. The normalized spacial score (nSPS) is 25.1. The van der Waals surface area contributed by atoms with E-state index < -0.39 is 0 Å². The van der Waals surface area contributed by atoms with Crippen molar-refractivity contribution in [2.24, 2.45) is 0 Å². The first-order valence-corrected chi connectivity index (χ1v) is 7.41. The Morgan fingerprint density at radius 1 is 1.22 bits per heavy atom. The number of hydrogen-bond donors (Lipinski definition) is 0. The van der Waals surface area contributed by atoms with Crippen molar-refractivity contribution in [3.8, 4) is 0 Å². The van der Waals surface area contributed by atoms with Crippen LogP contribution in [0.25, 0.3) is 0 Å². The molecule has 1 aliphatic heterocycles. The van der Waals surface area contributed by atoms with Crippen LogP contribution >= 0.6 is 15.9 Å². The molecule has 0 aliphatic carbocycles.